The molecule has 2 aromatic rings. The van der Waals surface area contributed by atoms with Crippen molar-refractivity contribution in [2.45, 2.75) is 0 Å². The Morgan fingerprint density at radius 3 is 2.06 bits per heavy atom. The van der Waals surface area contributed by atoms with E-state index in [9.17, 15) is 4.79 Å². The van der Waals surface area contributed by atoms with Crippen molar-refractivity contribution in [3.8, 4) is 11.1 Å². The Morgan fingerprint density at radius 1 is 0.944 bits per heavy atom. The SMILES string of the molecule is CNC(=O)N(C)c1ccc(-c2ccccc2)cc1. The molecule has 0 heterocycles. The van der Waals surface area contributed by atoms with Crippen LogP contribution in [0.4, 0.5) is 10.5 Å². The third-order valence-electron chi connectivity index (χ3n) is 2.88. The van der Waals surface area contributed by atoms with E-state index in [-0.39, 0.29) is 6.03 Å². The number of amides is 2. The Hall–Kier alpha value is -2.29. The third kappa shape index (κ3) is 2.51. The standard InChI is InChI=1S/C15H16N2O/c1-16-15(18)17(2)14-10-8-13(9-11-14)12-6-4-3-5-7-12/h3-11H,1-2H3,(H,16,18). The van der Waals surface area contributed by atoms with Crippen LogP contribution in [0.1, 0.15) is 0 Å². The molecule has 0 fully saturated rings. The first-order valence-corrected chi connectivity index (χ1v) is 5.83. The Bertz CT molecular complexity index is 520. The minimum Gasteiger partial charge on any atom is -0.341 e. The topological polar surface area (TPSA) is 32.3 Å². The molecule has 0 unspecified atom stereocenters. The maximum absolute atomic E-state index is 11.5. The first-order valence-electron chi connectivity index (χ1n) is 5.83. The number of nitrogens with one attached hydrogen (secondary N) is 1. The molecule has 0 aliphatic heterocycles. The number of carbonyl (C=O) groups excluding carboxylic acids is 1. The van der Waals surface area contributed by atoms with Crippen molar-refractivity contribution < 1.29 is 4.79 Å². The molecule has 2 rings (SSSR count). The summed E-state index contributed by atoms with van der Waals surface area (Å²) in [4.78, 5) is 13.1. The van der Waals surface area contributed by atoms with Gasteiger partial charge in [0, 0.05) is 19.8 Å². The molecule has 0 saturated carbocycles. The van der Waals surface area contributed by atoms with Crippen molar-refractivity contribution in [1.29, 1.82) is 0 Å². The second kappa shape index (κ2) is 5.36. The summed E-state index contributed by atoms with van der Waals surface area (Å²) < 4.78 is 0. The molecule has 3 nitrogen and oxygen atoms in total. The van der Waals surface area contributed by atoms with Crippen LogP contribution in [0.25, 0.3) is 11.1 Å². The summed E-state index contributed by atoms with van der Waals surface area (Å²) >= 11 is 0. The predicted molar refractivity (Wildman–Crippen MR) is 74.7 cm³/mol. The first-order chi connectivity index (χ1) is 8.72. The molecule has 0 aliphatic rings. The second-order valence-corrected chi connectivity index (χ2v) is 4.03. The van der Waals surface area contributed by atoms with Crippen molar-refractivity contribution in [3.05, 3.63) is 54.6 Å². The van der Waals surface area contributed by atoms with Crippen LogP contribution in [-0.2, 0) is 0 Å². The van der Waals surface area contributed by atoms with Gasteiger partial charge in [-0.3, -0.25) is 4.90 Å². The van der Waals surface area contributed by atoms with E-state index in [2.05, 4.69) is 17.4 Å². The van der Waals surface area contributed by atoms with E-state index in [0.29, 0.717) is 0 Å². The number of nitrogens with zero attached hydrogens (tertiary/aromatic N) is 1. The highest BCUT2D eigenvalue weighted by molar-refractivity contribution is 5.91. The highest BCUT2D eigenvalue weighted by Crippen LogP contribution is 2.22. The van der Waals surface area contributed by atoms with E-state index < -0.39 is 0 Å². The number of hydrogen-bond donors (Lipinski definition) is 1. The fourth-order valence-corrected chi connectivity index (χ4v) is 1.79. The van der Waals surface area contributed by atoms with Gasteiger partial charge >= 0.3 is 6.03 Å². The molecule has 92 valence electrons. The highest BCUT2D eigenvalue weighted by atomic mass is 16.2. The van der Waals surface area contributed by atoms with Gasteiger partial charge < -0.3 is 5.32 Å². The Balaban J connectivity index is 2.23. The Labute approximate surface area is 107 Å². The molecule has 18 heavy (non-hydrogen) atoms. The van der Waals surface area contributed by atoms with Crippen molar-refractivity contribution in [3.63, 3.8) is 0 Å². The predicted octanol–water partition coefficient (Wildman–Crippen LogP) is 3.13. The number of anilines is 1. The number of benzene rings is 2. The summed E-state index contributed by atoms with van der Waals surface area (Å²) in [5.74, 6) is 0. The minimum atomic E-state index is -0.123. The van der Waals surface area contributed by atoms with Gasteiger partial charge in [-0.25, -0.2) is 4.79 Å². The second-order valence-electron chi connectivity index (χ2n) is 4.03. The summed E-state index contributed by atoms with van der Waals surface area (Å²) in [6, 6.07) is 18.0. The van der Waals surface area contributed by atoms with Gasteiger partial charge in [-0.15, -0.1) is 0 Å². The zero-order valence-electron chi connectivity index (χ0n) is 10.6. The zero-order chi connectivity index (χ0) is 13.0. The van der Waals surface area contributed by atoms with E-state index in [4.69, 9.17) is 0 Å². The van der Waals surface area contributed by atoms with Gasteiger partial charge in [-0.1, -0.05) is 42.5 Å². The maximum Gasteiger partial charge on any atom is 0.321 e. The van der Waals surface area contributed by atoms with Crippen molar-refractivity contribution in [1.82, 2.24) is 5.32 Å². The van der Waals surface area contributed by atoms with Gasteiger partial charge in [0.15, 0.2) is 0 Å². The lowest BCUT2D eigenvalue weighted by Crippen LogP contribution is -2.34. The van der Waals surface area contributed by atoms with Crippen LogP contribution in [0.5, 0.6) is 0 Å². The molecule has 2 aromatic carbocycles. The van der Waals surface area contributed by atoms with Gasteiger partial charge in [-0.2, -0.15) is 0 Å². The van der Waals surface area contributed by atoms with Crippen LogP contribution in [-0.4, -0.2) is 20.1 Å². The van der Waals surface area contributed by atoms with Gasteiger partial charge in [0.25, 0.3) is 0 Å². The fourth-order valence-electron chi connectivity index (χ4n) is 1.79. The molecular weight excluding hydrogens is 224 g/mol. The van der Waals surface area contributed by atoms with Crippen LogP contribution >= 0.6 is 0 Å². The normalized spacial score (nSPS) is 9.89. The molecule has 0 atom stereocenters. The summed E-state index contributed by atoms with van der Waals surface area (Å²) in [5, 5.41) is 2.60. The minimum absolute atomic E-state index is 0.123. The van der Waals surface area contributed by atoms with Gasteiger partial charge in [0.05, 0.1) is 0 Å². The van der Waals surface area contributed by atoms with Gasteiger partial charge in [0.2, 0.25) is 0 Å². The average molecular weight is 240 g/mol. The quantitative estimate of drug-likeness (QED) is 0.859. The molecule has 3 heteroatoms. The van der Waals surface area contributed by atoms with E-state index in [1.165, 1.54) is 5.56 Å². The molecule has 0 bridgehead atoms. The van der Waals surface area contributed by atoms with E-state index in [1.54, 1.807) is 19.0 Å². The lowest BCUT2D eigenvalue weighted by molar-refractivity contribution is 0.249. The summed E-state index contributed by atoms with van der Waals surface area (Å²) in [6.45, 7) is 0. The molecule has 2 amide bonds. The molecular formula is C15H16N2O. The van der Waals surface area contributed by atoms with Crippen molar-refractivity contribution in [2.75, 3.05) is 19.0 Å². The van der Waals surface area contributed by atoms with Crippen LogP contribution in [0.3, 0.4) is 0 Å². The van der Waals surface area contributed by atoms with Crippen LogP contribution in [0, 0.1) is 0 Å². The molecule has 0 aliphatic carbocycles. The molecule has 0 spiro atoms. The average Bonchev–Trinajstić information content (AvgIpc) is 2.47. The van der Waals surface area contributed by atoms with Gasteiger partial charge in [0.1, 0.15) is 0 Å². The fraction of sp³-hybridized carbons (Fsp3) is 0.133. The smallest absolute Gasteiger partial charge is 0.321 e. The van der Waals surface area contributed by atoms with E-state index in [0.717, 1.165) is 11.3 Å². The maximum atomic E-state index is 11.5. The monoisotopic (exact) mass is 240 g/mol. The van der Waals surface area contributed by atoms with Crippen LogP contribution in [0.2, 0.25) is 0 Å². The summed E-state index contributed by atoms with van der Waals surface area (Å²) in [6.07, 6.45) is 0. The largest absolute Gasteiger partial charge is 0.341 e. The Morgan fingerprint density at radius 2 is 1.50 bits per heavy atom. The van der Waals surface area contributed by atoms with Gasteiger partial charge in [-0.05, 0) is 23.3 Å². The molecule has 0 aromatic heterocycles. The lowest BCUT2D eigenvalue weighted by Gasteiger charge is -2.16. The van der Waals surface area contributed by atoms with Crippen LogP contribution in [0.15, 0.2) is 54.6 Å². The summed E-state index contributed by atoms with van der Waals surface area (Å²) in [5.41, 5.74) is 3.19. The van der Waals surface area contributed by atoms with E-state index in [1.807, 2.05) is 42.5 Å². The van der Waals surface area contributed by atoms with Crippen molar-refractivity contribution in [2.24, 2.45) is 0 Å². The van der Waals surface area contributed by atoms with Crippen LogP contribution < -0.4 is 10.2 Å². The Kier molecular flexibility index (Phi) is 3.63. The number of hydrogen-bond acceptors (Lipinski definition) is 1. The lowest BCUT2D eigenvalue weighted by atomic mass is 10.1. The number of carbonyl (C=O) groups is 1. The first kappa shape index (κ1) is 12.2. The summed E-state index contributed by atoms with van der Waals surface area (Å²) in [7, 11) is 3.37. The molecule has 0 saturated heterocycles. The highest BCUT2D eigenvalue weighted by Gasteiger charge is 2.08. The number of rotatable bonds is 2. The molecule has 1 N–H and O–H groups in total. The van der Waals surface area contributed by atoms with E-state index >= 15 is 0 Å². The third-order valence-corrected chi connectivity index (χ3v) is 2.88. The molecule has 0 radical (unpaired) electrons. The van der Waals surface area contributed by atoms with Crippen molar-refractivity contribution >= 4 is 11.7 Å². The number of urea groups is 1. The zero-order valence-corrected chi connectivity index (χ0v) is 10.6.